The smallest absolute Gasteiger partial charge is 0.263 e. The Morgan fingerprint density at radius 3 is 2.68 bits per heavy atom. The number of nitrogens with zero attached hydrogens (tertiary/aromatic N) is 3. The molecule has 0 unspecified atom stereocenters. The summed E-state index contributed by atoms with van der Waals surface area (Å²) in [6, 6.07) is 8.22. The van der Waals surface area contributed by atoms with Crippen LogP contribution in [0.2, 0.25) is 10.0 Å². The number of nitrogens with one attached hydrogen (secondary N) is 1. The Hall–Kier alpha value is -2.64. The number of hydrogen-bond donors (Lipinski definition) is 1. The lowest BCUT2D eigenvalue weighted by Crippen LogP contribution is -2.33. The minimum Gasteiger partial charge on any atom is -0.344 e. The van der Waals surface area contributed by atoms with Crippen molar-refractivity contribution in [2.45, 2.75) is 31.8 Å². The molecule has 1 aliphatic rings. The SMILES string of the molecule is O=C(NCc1noc(C2CC2)n1)c1cccn(Cc2c(Cl)cccc2Cl)c1=O. The fourth-order valence-corrected chi connectivity index (χ4v) is 3.29. The van der Waals surface area contributed by atoms with Crippen LogP contribution in [0.4, 0.5) is 0 Å². The Labute approximate surface area is 170 Å². The molecule has 1 aromatic carbocycles. The predicted molar refractivity (Wildman–Crippen MR) is 104 cm³/mol. The maximum absolute atomic E-state index is 12.7. The molecule has 3 aromatic rings. The van der Waals surface area contributed by atoms with Crippen molar-refractivity contribution >= 4 is 29.1 Å². The van der Waals surface area contributed by atoms with Crippen molar-refractivity contribution in [3.8, 4) is 0 Å². The van der Waals surface area contributed by atoms with Gasteiger partial charge in [-0.25, -0.2) is 0 Å². The number of rotatable bonds is 6. The largest absolute Gasteiger partial charge is 0.344 e. The minimum absolute atomic E-state index is 0.0107. The molecule has 144 valence electrons. The molecule has 28 heavy (non-hydrogen) atoms. The zero-order valence-electron chi connectivity index (χ0n) is 14.7. The topological polar surface area (TPSA) is 90.0 Å². The second-order valence-corrected chi connectivity index (χ2v) is 7.38. The fraction of sp³-hybridized carbons (Fsp3) is 0.263. The Morgan fingerprint density at radius 2 is 1.96 bits per heavy atom. The van der Waals surface area contributed by atoms with E-state index in [-0.39, 0.29) is 18.7 Å². The van der Waals surface area contributed by atoms with Gasteiger partial charge in [0.15, 0.2) is 5.82 Å². The second kappa shape index (κ2) is 7.77. The van der Waals surface area contributed by atoms with Crippen LogP contribution in [-0.2, 0) is 13.1 Å². The molecule has 7 nitrogen and oxygen atoms in total. The molecule has 4 rings (SSSR count). The van der Waals surface area contributed by atoms with Crippen molar-refractivity contribution in [2.24, 2.45) is 0 Å². The third-order valence-electron chi connectivity index (χ3n) is 4.47. The van der Waals surface area contributed by atoms with E-state index in [0.717, 1.165) is 12.8 Å². The third-order valence-corrected chi connectivity index (χ3v) is 5.18. The van der Waals surface area contributed by atoms with E-state index in [1.165, 1.54) is 10.6 Å². The highest BCUT2D eigenvalue weighted by molar-refractivity contribution is 6.35. The van der Waals surface area contributed by atoms with Crippen LogP contribution in [0.5, 0.6) is 0 Å². The van der Waals surface area contributed by atoms with Gasteiger partial charge in [0.2, 0.25) is 5.89 Å². The number of benzene rings is 1. The fourth-order valence-electron chi connectivity index (χ4n) is 2.78. The van der Waals surface area contributed by atoms with Crippen molar-refractivity contribution in [3.63, 3.8) is 0 Å². The van der Waals surface area contributed by atoms with Gasteiger partial charge in [0.25, 0.3) is 11.5 Å². The van der Waals surface area contributed by atoms with Gasteiger partial charge in [0, 0.05) is 27.7 Å². The molecule has 1 N–H and O–H groups in total. The summed E-state index contributed by atoms with van der Waals surface area (Å²) in [5.74, 6) is 0.814. The lowest BCUT2D eigenvalue weighted by Gasteiger charge is -2.11. The van der Waals surface area contributed by atoms with E-state index in [0.29, 0.717) is 33.2 Å². The van der Waals surface area contributed by atoms with Gasteiger partial charge in [-0.2, -0.15) is 4.98 Å². The van der Waals surface area contributed by atoms with Gasteiger partial charge in [-0.3, -0.25) is 9.59 Å². The highest BCUT2D eigenvalue weighted by atomic mass is 35.5. The van der Waals surface area contributed by atoms with E-state index in [9.17, 15) is 9.59 Å². The first-order valence-corrected chi connectivity index (χ1v) is 9.51. The van der Waals surface area contributed by atoms with Crippen LogP contribution in [0.25, 0.3) is 0 Å². The lowest BCUT2D eigenvalue weighted by molar-refractivity contribution is 0.0947. The van der Waals surface area contributed by atoms with Gasteiger partial charge >= 0.3 is 0 Å². The summed E-state index contributed by atoms with van der Waals surface area (Å²) in [6.07, 6.45) is 3.68. The molecule has 1 saturated carbocycles. The zero-order chi connectivity index (χ0) is 19.7. The molecule has 1 amide bonds. The lowest BCUT2D eigenvalue weighted by atomic mass is 10.2. The first kappa shape index (κ1) is 18.7. The van der Waals surface area contributed by atoms with Crippen LogP contribution in [0.3, 0.4) is 0 Å². The highest BCUT2D eigenvalue weighted by Gasteiger charge is 2.29. The Bertz CT molecular complexity index is 1070. The van der Waals surface area contributed by atoms with Crippen LogP contribution in [0.15, 0.2) is 45.8 Å². The summed E-state index contributed by atoms with van der Waals surface area (Å²) in [6.45, 7) is 0.244. The monoisotopic (exact) mass is 418 g/mol. The summed E-state index contributed by atoms with van der Waals surface area (Å²) >= 11 is 12.4. The molecular weight excluding hydrogens is 403 g/mol. The number of halogens is 2. The van der Waals surface area contributed by atoms with Gasteiger partial charge in [-0.1, -0.05) is 34.4 Å². The number of aromatic nitrogens is 3. The molecule has 0 radical (unpaired) electrons. The number of hydrogen-bond acceptors (Lipinski definition) is 5. The normalized spacial score (nSPS) is 13.5. The first-order valence-electron chi connectivity index (χ1n) is 8.76. The standard InChI is InChI=1S/C19H16Cl2N4O3/c20-14-4-1-5-15(21)13(14)10-25-8-2-3-12(19(25)27)17(26)22-9-16-23-18(28-24-16)11-6-7-11/h1-5,8,11H,6-7,9-10H2,(H,22,26). The summed E-state index contributed by atoms with van der Waals surface area (Å²) in [5, 5.41) is 7.41. The van der Waals surface area contributed by atoms with Gasteiger partial charge in [-0.15, -0.1) is 0 Å². The first-order chi connectivity index (χ1) is 13.5. The molecule has 2 heterocycles. The Morgan fingerprint density at radius 1 is 1.21 bits per heavy atom. The summed E-state index contributed by atoms with van der Waals surface area (Å²) in [4.78, 5) is 29.4. The average Bonchev–Trinajstić information content (AvgIpc) is 3.42. The molecule has 9 heteroatoms. The predicted octanol–water partition coefficient (Wildman–Crippen LogP) is 3.39. The maximum atomic E-state index is 12.7. The van der Waals surface area contributed by atoms with Crippen molar-refractivity contribution in [1.29, 1.82) is 0 Å². The minimum atomic E-state index is -0.512. The van der Waals surface area contributed by atoms with Gasteiger partial charge in [0.1, 0.15) is 5.56 Å². The van der Waals surface area contributed by atoms with E-state index in [1.54, 1.807) is 30.5 Å². The third kappa shape index (κ3) is 3.95. The van der Waals surface area contributed by atoms with Crippen LogP contribution in [0.1, 0.15) is 46.4 Å². The van der Waals surface area contributed by atoms with Crippen LogP contribution in [-0.4, -0.2) is 20.6 Å². The maximum Gasteiger partial charge on any atom is 0.263 e. The summed E-state index contributed by atoms with van der Waals surface area (Å²) < 4.78 is 6.55. The molecular formula is C19H16Cl2N4O3. The Balaban J connectivity index is 1.49. The van der Waals surface area contributed by atoms with Crippen molar-refractivity contribution in [1.82, 2.24) is 20.0 Å². The molecule has 0 aliphatic heterocycles. The quantitative estimate of drug-likeness (QED) is 0.662. The van der Waals surface area contributed by atoms with Crippen LogP contribution in [0, 0.1) is 0 Å². The molecule has 0 spiro atoms. The zero-order valence-corrected chi connectivity index (χ0v) is 16.2. The van der Waals surface area contributed by atoms with Crippen LogP contribution < -0.4 is 10.9 Å². The second-order valence-electron chi connectivity index (χ2n) is 6.56. The van der Waals surface area contributed by atoms with E-state index >= 15 is 0 Å². The molecule has 0 atom stereocenters. The summed E-state index contributed by atoms with van der Waals surface area (Å²) in [7, 11) is 0. The van der Waals surface area contributed by atoms with E-state index in [1.807, 2.05) is 0 Å². The van der Waals surface area contributed by atoms with Crippen molar-refractivity contribution in [2.75, 3.05) is 0 Å². The molecule has 1 aliphatic carbocycles. The van der Waals surface area contributed by atoms with E-state index in [2.05, 4.69) is 15.5 Å². The average molecular weight is 419 g/mol. The van der Waals surface area contributed by atoms with Crippen LogP contribution >= 0.6 is 23.2 Å². The Kier molecular flexibility index (Phi) is 5.19. The van der Waals surface area contributed by atoms with E-state index in [4.69, 9.17) is 27.7 Å². The number of pyridine rings is 1. The number of carbonyl (C=O) groups is 1. The molecule has 0 bridgehead atoms. The van der Waals surface area contributed by atoms with E-state index < -0.39 is 11.5 Å². The summed E-state index contributed by atoms with van der Waals surface area (Å²) in [5.41, 5.74) is 0.184. The molecule has 1 fully saturated rings. The number of carbonyl (C=O) groups excluding carboxylic acids is 1. The van der Waals surface area contributed by atoms with Gasteiger partial charge in [0.05, 0.1) is 13.1 Å². The van der Waals surface area contributed by atoms with Crippen molar-refractivity contribution in [3.05, 3.63) is 79.8 Å². The van der Waals surface area contributed by atoms with Gasteiger partial charge in [-0.05, 0) is 37.1 Å². The highest BCUT2D eigenvalue weighted by Crippen LogP contribution is 2.38. The van der Waals surface area contributed by atoms with Crippen molar-refractivity contribution < 1.29 is 9.32 Å². The van der Waals surface area contributed by atoms with Gasteiger partial charge < -0.3 is 14.4 Å². The molecule has 0 saturated heterocycles. The number of amides is 1. The molecule has 2 aromatic heterocycles.